The minimum absolute atomic E-state index is 0. The average molecular weight is 320 g/mol. The topological polar surface area (TPSA) is 31.1 Å². The smallest absolute Gasteiger partial charge is 0.109 e. The van der Waals surface area contributed by atoms with E-state index in [-0.39, 0.29) is 37.5 Å². The molecule has 0 radical (unpaired) electrons. The second-order valence-corrected chi connectivity index (χ2v) is 4.78. The molecule has 20 heavy (non-hydrogen) atoms. The normalized spacial score (nSPS) is 17.2. The molecule has 112 valence electrons. The summed E-state index contributed by atoms with van der Waals surface area (Å²) in [5.74, 6) is 0. The van der Waals surface area contributed by atoms with Gasteiger partial charge in [0.2, 0.25) is 0 Å². The van der Waals surface area contributed by atoms with Gasteiger partial charge in [-0.2, -0.15) is 0 Å². The molecule has 0 spiro atoms. The number of H-pyrrole nitrogens is 1. The van der Waals surface area contributed by atoms with Crippen molar-refractivity contribution in [1.29, 1.82) is 0 Å². The number of hydrogen-bond acceptors (Lipinski definition) is 2. The van der Waals surface area contributed by atoms with Gasteiger partial charge in [0, 0.05) is 37.9 Å². The van der Waals surface area contributed by atoms with Gasteiger partial charge in [0.15, 0.2) is 0 Å². The minimum Gasteiger partial charge on any atom is -0.361 e. The summed E-state index contributed by atoms with van der Waals surface area (Å²) in [4.78, 5) is 5.41. The Kier molecular flexibility index (Phi) is 6.76. The number of halogens is 3. The second kappa shape index (κ2) is 7.84. The minimum atomic E-state index is -0.327. The summed E-state index contributed by atoms with van der Waals surface area (Å²) in [5, 5.41) is 4.48. The zero-order valence-corrected chi connectivity index (χ0v) is 12.8. The van der Waals surface area contributed by atoms with Crippen molar-refractivity contribution < 1.29 is 4.39 Å². The molecule has 2 heterocycles. The quantitative estimate of drug-likeness (QED) is 0.911. The number of nitrogens with zero attached hydrogens (tertiary/aromatic N) is 1. The van der Waals surface area contributed by atoms with Gasteiger partial charge in [0.05, 0.1) is 6.04 Å². The Morgan fingerprint density at radius 2 is 1.90 bits per heavy atom. The Morgan fingerprint density at radius 1 is 1.15 bits per heavy atom. The fourth-order valence-electron chi connectivity index (χ4n) is 2.66. The van der Waals surface area contributed by atoms with Crippen molar-refractivity contribution in [3.8, 4) is 0 Å². The van der Waals surface area contributed by atoms with E-state index < -0.39 is 0 Å². The third-order valence-electron chi connectivity index (χ3n) is 3.70. The molecule has 6 heteroatoms. The molecule has 1 fully saturated rings. The van der Waals surface area contributed by atoms with E-state index in [9.17, 15) is 4.39 Å². The predicted octanol–water partition coefficient (Wildman–Crippen LogP) is 2.93. The molecule has 0 unspecified atom stereocenters. The summed E-state index contributed by atoms with van der Waals surface area (Å²) in [6.07, 6.45) is 1.92. The zero-order chi connectivity index (χ0) is 12.4. The van der Waals surface area contributed by atoms with E-state index >= 15 is 0 Å². The van der Waals surface area contributed by atoms with Crippen LogP contribution in [0.2, 0.25) is 0 Å². The van der Waals surface area contributed by atoms with Crippen LogP contribution < -0.4 is 5.32 Å². The van der Waals surface area contributed by atoms with Crippen molar-refractivity contribution >= 4 is 35.7 Å². The van der Waals surface area contributed by atoms with E-state index in [4.69, 9.17) is 0 Å². The Morgan fingerprint density at radius 3 is 2.60 bits per heavy atom. The van der Waals surface area contributed by atoms with Crippen LogP contribution in [-0.2, 0) is 0 Å². The van der Waals surface area contributed by atoms with Crippen LogP contribution in [-0.4, -0.2) is 42.7 Å². The van der Waals surface area contributed by atoms with Gasteiger partial charge >= 0.3 is 0 Å². The molecule has 3 rings (SSSR count). The fourth-order valence-corrected chi connectivity index (χ4v) is 2.66. The SMILES string of the molecule is Cl.Cl.FC[C@H](c1ccc2cc[nH]c2c1)N1CCNCC1. The standard InChI is InChI=1S/C14H18FN3.2ClH/c15-10-14(18-7-5-16-6-8-18)12-2-1-11-3-4-17-13(11)9-12;;/h1-4,9,14,16-17H,5-8,10H2;2*1H/t14-;;/m1../s1. The summed E-state index contributed by atoms with van der Waals surface area (Å²) in [6.45, 7) is 3.39. The summed E-state index contributed by atoms with van der Waals surface area (Å²) >= 11 is 0. The highest BCUT2D eigenvalue weighted by atomic mass is 35.5. The second-order valence-electron chi connectivity index (χ2n) is 4.78. The first kappa shape index (κ1) is 17.2. The molecule has 0 amide bonds. The van der Waals surface area contributed by atoms with Crippen molar-refractivity contribution in [1.82, 2.24) is 15.2 Å². The molecule has 1 aromatic carbocycles. The molecule has 3 nitrogen and oxygen atoms in total. The molecule has 2 N–H and O–H groups in total. The maximum Gasteiger partial charge on any atom is 0.109 e. The maximum atomic E-state index is 13.4. The Bertz CT molecular complexity index is 526. The lowest BCUT2D eigenvalue weighted by atomic mass is 10.0. The molecule has 1 atom stereocenters. The Hall–Kier alpha value is -0.810. The number of aromatic nitrogens is 1. The van der Waals surface area contributed by atoms with Crippen LogP contribution in [0.1, 0.15) is 11.6 Å². The number of nitrogens with one attached hydrogen (secondary N) is 2. The Labute approximate surface area is 130 Å². The number of rotatable bonds is 3. The van der Waals surface area contributed by atoms with Crippen LogP contribution in [0, 0.1) is 0 Å². The third-order valence-corrected chi connectivity index (χ3v) is 3.70. The lowest BCUT2D eigenvalue weighted by Gasteiger charge is -2.33. The van der Waals surface area contributed by atoms with Gasteiger partial charge in [-0.15, -0.1) is 24.8 Å². The van der Waals surface area contributed by atoms with E-state index in [0.29, 0.717) is 0 Å². The van der Waals surface area contributed by atoms with Crippen molar-refractivity contribution in [3.05, 3.63) is 36.0 Å². The van der Waals surface area contributed by atoms with Crippen LogP contribution in [0.5, 0.6) is 0 Å². The molecular formula is C14H20Cl2FN3. The van der Waals surface area contributed by atoms with E-state index in [1.807, 2.05) is 18.3 Å². The number of aromatic amines is 1. The van der Waals surface area contributed by atoms with Crippen LogP contribution in [0.3, 0.4) is 0 Å². The fraction of sp³-hybridized carbons (Fsp3) is 0.429. The number of benzene rings is 1. The van der Waals surface area contributed by atoms with Crippen molar-refractivity contribution in [2.75, 3.05) is 32.9 Å². The lowest BCUT2D eigenvalue weighted by Crippen LogP contribution is -2.45. The predicted molar refractivity (Wildman–Crippen MR) is 86.0 cm³/mol. The molecule has 0 bridgehead atoms. The highest BCUT2D eigenvalue weighted by Crippen LogP contribution is 2.25. The van der Waals surface area contributed by atoms with Gasteiger partial charge in [0.1, 0.15) is 6.67 Å². The number of fused-ring (bicyclic) bond motifs is 1. The summed E-state index contributed by atoms with van der Waals surface area (Å²) < 4.78 is 13.4. The molecule has 1 aliphatic rings. The number of hydrogen-bond donors (Lipinski definition) is 2. The number of alkyl halides is 1. The molecule has 1 saturated heterocycles. The van der Waals surface area contributed by atoms with Gasteiger partial charge < -0.3 is 10.3 Å². The largest absolute Gasteiger partial charge is 0.361 e. The van der Waals surface area contributed by atoms with E-state index in [1.54, 1.807) is 0 Å². The van der Waals surface area contributed by atoms with Gasteiger partial charge in [0.25, 0.3) is 0 Å². The molecule has 1 aliphatic heterocycles. The first-order valence-corrected chi connectivity index (χ1v) is 6.46. The van der Waals surface area contributed by atoms with E-state index in [2.05, 4.69) is 27.3 Å². The summed E-state index contributed by atoms with van der Waals surface area (Å²) in [7, 11) is 0. The van der Waals surface area contributed by atoms with Crippen molar-refractivity contribution in [2.24, 2.45) is 0 Å². The Balaban J connectivity index is 0.000001000. The highest BCUT2D eigenvalue weighted by Gasteiger charge is 2.22. The van der Waals surface area contributed by atoms with Gasteiger partial charge in [-0.25, -0.2) is 4.39 Å². The van der Waals surface area contributed by atoms with Crippen LogP contribution in [0.15, 0.2) is 30.5 Å². The van der Waals surface area contributed by atoms with Gasteiger partial charge in [-0.05, 0) is 23.1 Å². The average Bonchev–Trinajstić information content (AvgIpc) is 2.88. The van der Waals surface area contributed by atoms with Crippen LogP contribution in [0.25, 0.3) is 10.9 Å². The molecule has 1 aromatic heterocycles. The molecule has 0 aliphatic carbocycles. The van der Waals surface area contributed by atoms with E-state index in [0.717, 1.165) is 37.3 Å². The van der Waals surface area contributed by atoms with Crippen molar-refractivity contribution in [3.63, 3.8) is 0 Å². The molecule has 0 saturated carbocycles. The summed E-state index contributed by atoms with van der Waals surface area (Å²) in [6, 6.07) is 8.10. The van der Waals surface area contributed by atoms with Gasteiger partial charge in [-0.3, -0.25) is 4.90 Å². The highest BCUT2D eigenvalue weighted by molar-refractivity contribution is 5.85. The molecular weight excluding hydrogens is 300 g/mol. The van der Waals surface area contributed by atoms with Crippen LogP contribution in [0.4, 0.5) is 4.39 Å². The molecule has 2 aromatic rings. The van der Waals surface area contributed by atoms with Crippen LogP contribution >= 0.6 is 24.8 Å². The van der Waals surface area contributed by atoms with E-state index in [1.165, 1.54) is 5.39 Å². The maximum absolute atomic E-state index is 13.4. The number of piperazine rings is 1. The van der Waals surface area contributed by atoms with Crippen molar-refractivity contribution in [2.45, 2.75) is 6.04 Å². The summed E-state index contributed by atoms with van der Waals surface area (Å²) in [5.41, 5.74) is 2.15. The first-order chi connectivity index (χ1) is 8.88. The monoisotopic (exact) mass is 319 g/mol. The zero-order valence-electron chi connectivity index (χ0n) is 11.1. The first-order valence-electron chi connectivity index (χ1n) is 6.46. The lowest BCUT2D eigenvalue weighted by molar-refractivity contribution is 0.147. The van der Waals surface area contributed by atoms with Gasteiger partial charge in [-0.1, -0.05) is 12.1 Å². The third kappa shape index (κ3) is 3.44.